The third kappa shape index (κ3) is 7.16. The summed E-state index contributed by atoms with van der Waals surface area (Å²) in [5.74, 6) is 0. The number of hydrogen-bond acceptors (Lipinski definition) is 4. The van der Waals surface area contributed by atoms with E-state index in [2.05, 4.69) is 10.6 Å². The Morgan fingerprint density at radius 1 is 1.18 bits per heavy atom. The number of hydrogen-bond donors (Lipinski definition) is 3. The van der Waals surface area contributed by atoms with Gasteiger partial charge in [-0.15, -0.1) is 0 Å². The number of nitrogens with one attached hydrogen (secondary N) is 2. The summed E-state index contributed by atoms with van der Waals surface area (Å²) in [5.41, 5.74) is 6.28. The molecule has 4 N–H and O–H groups in total. The molecule has 1 rings (SSSR count). The molecule has 0 aromatic rings. The normalized spacial score (nSPS) is 25.2. The standard InChI is InChI=1S/C12H29N3OSi/c13-5-7-15-9-8-14-6-1-3-11-12(17)4-2-10-16-11/h11-12,14-15H,1-10,13H2,17H3. The van der Waals surface area contributed by atoms with Crippen LogP contribution in [0.15, 0.2) is 0 Å². The fourth-order valence-corrected chi connectivity index (χ4v) is 3.25. The molecule has 0 aromatic heterocycles. The van der Waals surface area contributed by atoms with Gasteiger partial charge in [-0.25, -0.2) is 0 Å². The molecule has 1 aliphatic rings. The van der Waals surface area contributed by atoms with Crippen LogP contribution in [0.4, 0.5) is 0 Å². The molecule has 0 aromatic carbocycles. The van der Waals surface area contributed by atoms with E-state index >= 15 is 0 Å². The lowest BCUT2D eigenvalue weighted by Crippen LogP contribution is -2.32. The molecule has 2 unspecified atom stereocenters. The van der Waals surface area contributed by atoms with Crippen LogP contribution in [0.5, 0.6) is 0 Å². The van der Waals surface area contributed by atoms with Gasteiger partial charge in [0.25, 0.3) is 0 Å². The van der Waals surface area contributed by atoms with Crippen LogP contribution in [0.3, 0.4) is 0 Å². The second-order valence-electron chi connectivity index (χ2n) is 4.96. The van der Waals surface area contributed by atoms with Crippen molar-refractivity contribution >= 4 is 10.2 Å². The summed E-state index contributed by atoms with van der Waals surface area (Å²) in [6, 6.07) is 0. The molecule has 5 heteroatoms. The predicted molar refractivity (Wildman–Crippen MR) is 76.7 cm³/mol. The first-order valence-electron chi connectivity index (χ1n) is 7.07. The average molecular weight is 259 g/mol. The Hall–Kier alpha value is 0.0569. The Labute approximate surface area is 108 Å². The number of rotatable bonds is 9. The van der Waals surface area contributed by atoms with E-state index in [-0.39, 0.29) is 0 Å². The van der Waals surface area contributed by atoms with Crippen LogP contribution in [-0.2, 0) is 4.74 Å². The van der Waals surface area contributed by atoms with Crippen molar-refractivity contribution in [1.82, 2.24) is 10.6 Å². The van der Waals surface area contributed by atoms with E-state index in [1.807, 2.05) is 0 Å². The Morgan fingerprint density at radius 2 is 1.94 bits per heavy atom. The lowest BCUT2D eigenvalue weighted by atomic mass is 10.0. The Bertz CT molecular complexity index is 183. The van der Waals surface area contributed by atoms with Crippen molar-refractivity contribution in [2.45, 2.75) is 37.3 Å². The van der Waals surface area contributed by atoms with Crippen LogP contribution in [0.1, 0.15) is 25.7 Å². The van der Waals surface area contributed by atoms with Gasteiger partial charge in [0.1, 0.15) is 0 Å². The average Bonchev–Trinajstić information content (AvgIpc) is 2.35. The Kier molecular flexibility index (Phi) is 8.91. The summed E-state index contributed by atoms with van der Waals surface area (Å²) in [6.45, 7) is 5.79. The SMILES string of the molecule is NCCNCCNCCCC1OCCCC1[SiH3]. The molecule has 1 aliphatic heterocycles. The zero-order chi connectivity index (χ0) is 12.3. The minimum atomic E-state index is 0.563. The highest BCUT2D eigenvalue weighted by Crippen LogP contribution is 2.25. The summed E-state index contributed by atoms with van der Waals surface area (Å²) in [4.78, 5) is 0. The molecular formula is C12H29N3OSi. The van der Waals surface area contributed by atoms with Gasteiger partial charge in [-0.3, -0.25) is 0 Å². The third-order valence-corrected chi connectivity index (χ3v) is 4.73. The van der Waals surface area contributed by atoms with Crippen molar-refractivity contribution in [2.75, 3.05) is 39.3 Å². The number of nitrogens with two attached hydrogens (primary N) is 1. The molecule has 1 heterocycles. The molecule has 0 bridgehead atoms. The molecule has 1 fully saturated rings. The highest BCUT2D eigenvalue weighted by Gasteiger charge is 2.20. The molecule has 102 valence electrons. The quantitative estimate of drug-likeness (QED) is 0.376. The van der Waals surface area contributed by atoms with E-state index in [4.69, 9.17) is 10.5 Å². The Balaban J connectivity index is 1.86. The van der Waals surface area contributed by atoms with Gasteiger partial charge in [-0.05, 0) is 37.8 Å². The lowest BCUT2D eigenvalue weighted by Gasteiger charge is -2.29. The van der Waals surface area contributed by atoms with Crippen LogP contribution in [-0.4, -0.2) is 55.7 Å². The summed E-state index contributed by atoms with van der Waals surface area (Å²) in [5, 5.41) is 6.73. The maximum atomic E-state index is 5.83. The molecule has 17 heavy (non-hydrogen) atoms. The molecular weight excluding hydrogens is 230 g/mol. The van der Waals surface area contributed by atoms with Gasteiger partial charge in [-0.2, -0.15) is 0 Å². The first kappa shape index (κ1) is 15.1. The predicted octanol–water partition coefficient (Wildman–Crippen LogP) is -0.763. The fourth-order valence-electron chi connectivity index (χ4n) is 2.32. The zero-order valence-corrected chi connectivity index (χ0v) is 13.2. The van der Waals surface area contributed by atoms with Gasteiger partial charge >= 0.3 is 0 Å². The molecule has 0 saturated carbocycles. The minimum Gasteiger partial charge on any atom is -0.378 e. The van der Waals surface area contributed by atoms with E-state index in [0.29, 0.717) is 6.10 Å². The largest absolute Gasteiger partial charge is 0.378 e. The Morgan fingerprint density at radius 3 is 2.65 bits per heavy atom. The lowest BCUT2D eigenvalue weighted by molar-refractivity contribution is 0.0112. The van der Waals surface area contributed by atoms with Crippen LogP contribution >= 0.6 is 0 Å². The van der Waals surface area contributed by atoms with Crippen molar-refractivity contribution in [3.8, 4) is 0 Å². The third-order valence-electron chi connectivity index (χ3n) is 3.41. The van der Waals surface area contributed by atoms with Crippen LogP contribution in [0.25, 0.3) is 0 Å². The molecule has 1 saturated heterocycles. The highest BCUT2D eigenvalue weighted by molar-refractivity contribution is 6.12. The van der Waals surface area contributed by atoms with Gasteiger partial charge in [0.2, 0.25) is 0 Å². The van der Waals surface area contributed by atoms with E-state index in [0.717, 1.165) is 44.9 Å². The monoisotopic (exact) mass is 259 g/mol. The molecule has 0 amide bonds. The van der Waals surface area contributed by atoms with Crippen molar-refractivity contribution in [3.63, 3.8) is 0 Å². The van der Waals surface area contributed by atoms with Gasteiger partial charge in [0.15, 0.2) is 0 Å². The van der Waals surface area contributed by atoms with Crippen LogP contribution in [0, 0.1) is 0 Å². The number of ether oxygens (including phenoxy) is 1. The van der Waals surface area contributed by atoms with E-state index in [9.17, 15) is 0 Å². The van der Waals surface area contributed by atoms with Crippen molar-refractivity contribution < 1.29 is 4.74 Å². The molecule has 0 radical (unpaired) electrons. The first-order valence-corrected chi connectivity index (χ1v) is 8.23. The zero-order valence-electron chi connectivity index (χ0n) is 11.2. The topological polar surface area (TPSA) is 59.3 Å². The second kappa shape index (κ2) is 10.0. The highest BCUT2D eigenvalue weighted by atomic mass is 28.1. The second-order valence-corrected chi connectivity index (χ2v) is 6.44. The molecule has 0 spiro atoms. The maximum absolute atomic E-state index is 5.83. The van der Waals surface area contributed by atoms with Crippen molar-refractivity contribution in [2.24, 2.45) is 5.73 Å². The minimum absolute atomic E-state index is 0.563. The van der Waals surface area contributed by atoms with E-state index < -0.39 is 0 Å². The van der Waals surface area contributed by atoms with Gasteiger partial charge in [0, 0.05) is 43.0 Å². The van der Waals surface area contributed by atoms with E-state index in [1.165, 1.54) is 35.9 Å². The van der Waals surface area contributed by atoms with Gasteiger partial charge in [0.05, 0.1) is 6.10 Å². The smallest absolute Gasteiger partial charge is 0.0571 e. The summed E-state index contributed by atoms with van der Waals surface area (Å²) in [7, 11) is 1.29. The van der Waals surface area contributed by atoms with Crippen LogP contribution in [0.2, 0.25) is 5.54 Å². The molecule has 0 aliphatic carbocycles. The van der Waals surface area contributed by atoms with Crippen LogP contribution < -0.4 is 16.4 Å². The van der Waals surface area contributed by atoms with Crippen molar-refractivity contribution in [1.29, 1.82) is 0 Å². The summed E-state index contributed by atoms with van der Waals surface area (Å²) >= 11 is 0. The molecule has 2 atom stereocenters. The molecule has 4 nitrogen and oxygen atoms in total. The maximum Gasteiger partial charge on any atom is 0.0571 e. The van der Waals surface area contributed by atoms with Gasteiger partial charge in [-0.1, -0.05) is 0 Å². The van der Waals surface area contributed by atoms with E-state index in [1.54, 1.807) is 0 Å². The van der Waals surface area contributed by atoms with Gasteiger partial charge < -0.3 is 21.1 Å². The summed E-state index contributed by atoms with van der Waals surface area (Å²) < 4.78 is 5.83. The summed E-state index contributed by atoms with van der Waals surface area (Å²) in [6.07, 6.45) is 5.70. The van der Waals surface area contributed by atoms with Crippen molar-refractivity contribution in [3.05, 3.63) is 0 Å². The first-order chi connectivity index (χ1) is 8.34. The fraction of sp³-hybridized carbons (Fsp3) is 1.00.